The Kier molecular flexibility index (Phi) is 5.03. The Morgan fingerprint density at radius 3 is 2.52 bits per heavy atom. The number of nitrogens with one attached hydrogen (secondary N) is 1. The Balaban J connectivity index is 2.56. The van der Waals surface area contributed by atoms with Crippen LogP contribution in [0.5, 0.6) is 5.88 Å². The monoisotopic (exact) mass is 287 g/mol. The molecule has 112 valence electrons. The summed E-state index contributed by atoms with van der Waals surface area (Å²) in [6.45, 7) is 7.02. The maximum atomic E-state index is 5.29. The van der Waals surface area contributed by atoms with E-state index < -0.39 is 0 Å². The molecule has 2 aromatic heterocycles. The Labute approximate surface area is 125 Å². The zero-order valence-electron chi connectivity index (χ0n) is 13.0. The van der Waals surface area contributed by atoms with Gasteiger partial charge in [-0.05, 0) is 13.3 Å². The number of rotatable bonds is 6. The number of hydrogen-bond acceptors (Lipinski definition) is 6. The van der Waals surface area contributed by atoms with Gasteiger partial charge in [-0.3, -0.25) is 0 Å². The summed E-state index contributed by atoms with van der Waals surface area (Å²) >= 11 is 0. The van der Waals surface area contributed by atoms with E-state index in [0.717, 1.165) is 42.3 Å². The highest BCUT2D eigenvalue weighted by molar-refractivity contribution is 5.68. The van der Waals surface area contributed by atoms with Crippen LogP contribution in [0.3, 0.4) is 0 Å². The molecule has 2 heterocycles. The third-order valence-corrected chi connectivity index (χ3v) is 3.13. The van der Waals surface area contributed by atoms with E-state index in [1.807, 2.05) is 13.8 Å². The average Bonchev–Trinajstić information content (AvgIpc) is 2.54. The summed E-state index contributed by atoms with van der Waals surface area (Å²) in [6, 6.07) is 0. The lowest BCUT2D eigenvalue weighted by molar-refractivity contribution is 0.397. The molecule has 2 rings (SSSR count). The first kappa shape index (κ1) is 15.2. The second kappa shape index (κ2) is 6.97. The number of anilines is 1. The van der Waals surface area contributed by atoms with Crippen LogP contribution in [0.2, 0.25) is 0 Å². The van der Waals surface area contributed by atoms with E-state index in [0.29, 0.717) is 11.6 Å². The predicted octanol–water partition coefficient (Wildman–Crippen LogP) is 2.63. The molecule has 1 N–H and O–H groups in total. The SMILES string of the molecule is CCCNc1nc(CC)nc(-c2nccnc2OC)c1C. The van der Waals surface area contributed by atoms with Crippen molar-refractivity contribution in [3.63, 3.8) is 0 Å². The molecule has 21 heavy (non-hydrogen) atoms. The standard InChI is InChI=1S/C15H21N5O/c1-5-7-17-14-10(3)12(19-11(6-2)20-14)13-15(21-4)18-9-8-16-13/h8-9H,5-7H2,1-4H3,(H,17,19,20). The molecule has 0 fully saturated rings. The molecule has 0 radical (unpaired) electrons. The number of aryl methyl sites for hydroxylation is 1. The van der Waals surface area contributed by atoms with Gasteiger partial charge in [0.25, 0.3) is 0 Å². The molecule has 0 aliphatic heterocycles. The molecule has 0 saturated heterocycles. The van der Waals surface area contributed by atoms with Crippen molar-refractivity contribution < 1.29 is 4.74 Å². The minimum absolute atomic E-state index is 0.475. The van der Waals surface area contributed by atoms with E-state index in [1.165, 1.54) is 0 Å². The van der Waals surface area contributed by atoms with E-state index in [1.54, 1.807) is 19.5 Å². The van der Waals surface area contributed by atoms with E-state index in [9.17, 15) is 0 Å². The molecule has 0 aromatic carbocycles. The van der Waals surface area contributed by atoms with Crippen LogP contribution in [-0.2, 0) is 6.42 Å². The summed E-state index contributed by atoms with van der Waals surface area (Å²) in [5.41, 5.74) is 2.37. The lowest BCUT2D eigenvalue weighted by Gasteiger charge is -2.14. The van der Waals surface area contributed by atoms with Gasteiger partial charge in [-0.15, -0.1) is 0 Å². The van der Waals surface area contributed by atoms with Crippen molar-refractivity contribution in [3.05, 3.63) is 23.8 Å². The zero-order chi connectivity index (χ0) is 15.2. The summed E-state index contributed by atoms with van der Waals surface area (Å²) in [5, 5.41) is 3.34. The second-order valence-electron chi connectivity index (χ2n) is 4.66. The molecule has 0 saturated carbocycles. The summed E-state index contributed by atoms with van der Waals surface area (Å²) in [4.78, 5) is 17.7. The van der Waals surface area contributed by atoms with Gasteiger partial charge in [0.2, 0.25) is 5.88 Å². The van der Waals surface area contributed by atoms with Crippen LogP contribution in [0.4, 0.5) is 5.82 Å². The largest absolute Gasteiger partial charge is 0.479 e. The summed E-state index contributed by atoms with van der Waals surface area (Å²) < 4.78 is 5.29. The Morgan fingerprint density at radius 1 is 1.10 bits per heavy atom. The number of methoxy groups -OCH3 is 1. The highest BCUT2D eigenvalue weighted by Gasteiger charge is 2.17. The lowest BCUT2D eigenvalue weighted by atomic mass is 10.1. The van der Waals surface area contributed by atoms with E-state index in [-0.39, 0.29) is 0 Å². The fraction of sp³-hybridized carbons (Fsp3) is 0.467. The van der Waals surface area contributed by atoms with Gasteiger partial charge in [0, 0.05) is 30.9 Å². The molecular weight excluding hydrogens is 266 g/mol. The van der Waals surface area contributed by atoms with Gasteiger partial charge in [-0.25, -0.2) is 19.9 Å². The summed E-state index contributed by atoms with van der Waals surface area (Å²) in [5.74, 6) is 2.11. The van der Waals surface area contributed by atoms with Crippen molar-refractivity contribution in [3.8, 4) is 17.3 Å². The minimum atomic E-state index is 0.475. The first-order valence-corrected chi connectivity index (χ1v) is 7.18. The summed E-state index contributed by atoms with van der Waals surface area (Å²) in [7, 11) is 1.58. The number of aromatic nitrogens is 4. The van der Waals surface area contributed by atoms with Crippen molar-refractivity contribution in [2.24, 2.45) is 0 Å². The molecule has 0 bridgehead atoms. The highest BCUT2D eigenvalue weighted by atomic mass is 16.5. The quantitative estimate of drug-likeness (QED) is 0.880. The topological polar surface area (TPSA) is 72.8 Å². The van der Waals surface area contributed by atoms with Gasteiger partial charge < -0.3 is 10.1 Å². The van der Waals surface area contributed by atoms with Crippen molar-refractivity contribution in [1.29, 1.82) is 0 Å². The molecule has 0 unspecified atom stereocenters. The Morgan fingerprint density at radius 2 is 1.86 bits per heavy atom. The smallest absolute Gasteiger partial charge is 0.241 e. The van der Waals surface area contributed by atoms with Crippen molar-refractivity contribution in [2.75, 3.05) is 19.0 Å². The van der Waals surface area contributed by atoms with Gasteiger partial charge in [0.15, 0.2) is 5.69 Å². The summed E-state index contributed by atoms with van der Waals surface area (Å²) in [6.07, 6.45) is 5.05. The second-order valence-corrected chi connectivity index (χ2v) is 4.66. The molecule has 6 nitrogen and oxygen atoms in total. The fourth-order valence-corrected chi connectivity index (χ4v) is 2.00. The van der Waals surface area contributed by atoms with E-state index >= 15 is 0 Å². The average molecular weight is 287 g/mol. The number of ether oxygens (including phenoxy) is 1. The van der Waals surface area contributed by atoms with Crippen LogP contribution in [0.15, 0.2) is 12.4 Å². The molecule has 0 amide bonds. The highest BCUT2D eigenvalue weighted by Crippen LogP contribution is 2.29. The van der Waals surface area contributed by atoms with Crippen LogP contribution >= 0.6 is 0 Å². The molecule has 0 spiro atoms. The van der Waals surface area contributed by atoms with Gasteiger partial charge in [-0.1, -0.05) is 13.8 Å². The lowest BCUT2D eigenvalue weighted by Crippen LogP contribution is -2.09. The first-order chi connectivity index (χ1) is 10.2. The van der Waals surface area contributed by atoms with Gasteiger partial charge >= 0.3 is 0 Å². The molecule has 2 aromatic rings. The van der Waals surface area contributed by atoms with E-state index in [2.05, 4.69) is 32.2 Å². The molecule has 6 heteroatoms. The maximum Gasteiger partial charge on any atom is 0.241 e. The third-order valence-electron chi connectivity index (χ3n) is 3.13. The van der Waals surface area contributed by atoms with Crippen LogP contribution < -0.4 is 10.1 Å². The van der Waals surface area contributed by atoms with E-state index in [4.69, 9.17) is 4.74 Å². The van der Waals surface area contributed by atoms with Gasteiger partial charge in [0.1, 0.15) is 17.3 Å². The van der Waals surface area contributed by atoms with Gasteiger partial charge in [0.05, 0.1) is 7.11 Å². The Hall–Kier alpha value is -2.24. The van der Waals surface area contributed by atoms with Gasteiger partial charge in [-0.2, -0.15) is 0 Å². The minimum Gasteiger partial charge on any atom is -0.479 e. The third kappa shape index (κ3) is 3.26. The number of hydrogen-bond donors (Lipinski definition) is 1. The normalized spacial score (nSPS) is 10.5. The molecular formula is C15H21N5O. The molecule has 0 aliphatic rings. The zero-order valence-corrected chi connectivity index (χ0v) is 13.0. The van der Waals surface area contributed by atoms with Crippen molar-refractivity contribution >= 4 is 5.82 Å². The molecule has 0 atom stereocenters. The maximum absolute atomic E-state index is 5.29. The van der Waals surface area contributed by atoms with Crippen LogP contribution in [0.25, 0.3) is 11.4 Å². The van der Waals surface area contributed by atoms with Crippen LogP contribution in [-0.4, -0.2) is 33.6 Å². The molecule has 0 aliphatic carbocycles. The van der Waals surface area contributed by atoms with Crippen molar-refractivity contribution in [2.45, 2.75) is 33.6 Å². The fourth-order valence-electron chi connectivity index (χ4n) is 2.00. The Bertz CT molecular complexity index is 615. The van der Waals surface area contributed by atoms with Crippen LogP contribution in [0, 0.1) is 6.92 Å². The van der Waals surface area contributed by atoms with Crippen molar-refractivity contribution in [1.82, 2.24) is 19.9 Å². The number of nitrogens with zero attached hydrogens (tertiary/aromatic N) is 4. The predicted molar refractivity (Wildman–Crippen MR) is 82.5 cm³/mol. The van der Waals surface area contributed by atoms with Crippen LogP contribution in [0.1, 0.15) is 31.7 Å². The first-order valence-electron chi connectivity index (χ1n) is 7.18.